The standard InChI is InChI=1S/C18H28N2O2/c1-18(2,3)20-11-9-16(10-12-20)19-13-14-5-7-15(8-6-14)17(21)22-4/h5-8,16,19H,9-13H2,1-4H3. The fourth-order valence-electron chi connectivity index (χ4n) is 2.89. The van der Waals surface area contributed by atoms with Gasteiger partial charge < -0.3 is 10.1 Å². The van der Waals surface area contributed by atoms with E-state index in [-0.39, 0.29) is 11.5 Å². The molecule has 0 bridgehead atoms. The maximum absolute atomic E-state index is 11.4. The van der Waals surface area contributed by atoms with Crippen LogP contribution in [-0.2, 0) is 11.3 Å². The number of nitrogens with zero attached hydrogens (tertiary/aromatic N) is 1. The summed E-state index contributed by atoms with van der Waals surface area (Å²) >= 11 is 0. The Balaban J connectivity index is 1.78. The van der Waals surface area contributed by atoms with Gasteiger partial charge in [-0.2, -0.15) is 0 Å². The van der Waals surface area contributed by atoms with Crippen LogP contribution >= 0.6 is 0 Å². The van der Waals surface area contributed by atoms with Crippen molar-refractivity contribution < 1.29 is 9.53 Å². The molecule has 4 nitrogen and oxygen atoms in total. The van der Waals surface area contributed by atoms with Gasteiger partial charge in [-0.05, 0) is 51.3 Å². The van der Waals surface area contributed by atoms with Crippen LogP contribution < -0.4 is 5.32 Å². The molecule has 1 aliphatic heterocycles. The molecular formula is C18H28N2O2. The molecule has 1 saturated heterocycles. The lowest BCUT2D eigenvalue weighted by Gasteiger charge is -2.41. The van der Waals surface area contributed by atoms with Crippen LogP contribution in [0, 0.1) is 0 Å². The first-order chi connectivity index (χ1) is 10.4. The zero-order valence-corrected chi connectivity index (χ0v) is 14.2. The van der Waals surface area contributed by atoms with Gasteiger partial charge in [-0.1, -0.05) is 12.1 Å². The van der Waals surface area contributed by atoms with Crippen molar-refractivity contribution in [2.45, 2.75) is 51.7 Å². The van der Waals surface area contributed by atoms with E-state index in [2.05, 4.69) is 31.0 Å². The second-order valence-electron chi connectivity index (χ2n) is 7.00. The van der Waals surface area contributed by atoms with Crippen LogP contribution in [-0.4, -0.2) is 42.6 Å². The Hall–Kier alpha value is -1.39. The maximum Gasteiger partial charge on any atom is 0.337 e. The van der Waals surface area contributed by atoms with Crippen molar-refractivity contribution in [3.05, 3.63) is 35.4 Å². The van der Waals surface area contributed by atoms with Crippen molar-refractivity contribution in [2.75, 3.05) is 20.2 Å². The number of esters is 1. The second kappa shape index (κ2) is 7.25. The van der Waals surface area contributed by atoms with E-state index in [1.807, 2.05) is 24.3 Å². The predicted octanol–water partition coefficient (Wildman–Crippen LogP) is 2.83. The quantitative estimate of drug-likeness (QED) is 0.869. The molecule has 0 atom stereocenters. The molecule has 1 aliphatic rings. The van der Waals surface area contributed by atoms with Gasteiger partial charge in [0.1, 0.15) is 0 Å². The molecule has 1 N–H and O–H groups in total. The van der Waals surface area contributed by atoms with Gasteiger partial charge in [0.25, 0.3) is 0 Å². The topological polar surface area (TPSA) is 41.6 Å². The van der Waals surface area contributed by atoms with E-state index in [0.29, 0.717) is 11.6 Å². The summed E-state index contributed by atoms with van der Waals surface area (Å²) in [6.07, 6.45) is 2.38. The van der Waals surface area contributed by atoms with E-state index in [1.54, 1.807) is 0 Å². The number of carbonyl (C=O) groups is 1. The van der Waals surface area contributed by atoms with E-state index in [9.17, 15) is 4.79 Å². The number of benzene rings is 1. The number of rotatable bonds is 4. The largest absolute Gasteiger partial charge is 0.465 e. The minimum atomic E-state index is -0.283. The Bertz CT molecular complexity index is 483. The average Bonchev–Trinajstić information content (AvgIpc) is 2.52. The van der Waals surface area contributed by atoms with E-state index < -0.39 is 0 Å². The summed E-state index contributed by atoms with van der Waals surface area (Å²) in [7, 11) is 1.40. The molecule has 0 unspecified atom stereocenters. The minimum Gasteiger partial charge on any atom is -0.465 e. The SMILES string of the molecule is COC(=O)c1ccc(CNC2CCN(C(C)(C)C)CC2)cc1. The molecule has 2 rings (SSSR count). The van der Waals surface area contributed by atoms with Crippen LogP contribution in [0.5, 0.6) is 0 Å². The molecule has 4 heteroatoms. The van der Waals surface area contributed by atoms with Crippen LogP contribution in [0.3, 0.4) is 0 Å². The van der Waals surface area contributed by atoms with Gasteiger partial charge in [-0.3, -0.25) is 4.90 Å². The van der Waals surface area contributed by atoms with Crippen LogP contribution in [0.25, 0.3) is 0 Å². The molecule has 0 aliphatic carbocycles. The number of ether oxygens (including phenoxy) is 1. The maximum atomic E-state index is 11.4. The summed E-state index contributed by atoms with van der Waals surface area (Å²) in [5.74, 6) is -0.283. The molecule has 22 heavy (non-hydrogen) atoms. The molecular weight excluding hydrogens is 276 g/mol. The number of carbonyl (C=O) groups excluding carboxylic acids is 1. The van der Waals surface area contributed by atoms with Gasteiger partial charge in [-0.15, -0.1) is 0 Å². The lowest BCUT2D eigenvalue weighted by molar-refractivity contribution is 0.0600. The predicted molar refractivity (Wildman–Crippen MR) is 89.0 cm³/mol. The fourth-order valence-corrected chi connectivity index (χ4v) is 2.89. The summed E-state index contributed by atoms with van der Waals surface area (Å²) in [5.41, 5.74) is 2.07. The average molecular weight is 304 g/mol. The van der Waals surface area contributed by atoms with Gasteiger partial charge in [0, 0.05) is 31.2 Å². The van der Waals surface area contributed by atoms with E-state index in [1.165, 1.54) is 25.5 Å². The third-order valence-electron chi connectivity index (χ3n) is 4.41. The fraction of sp³-hybridized carbons (Fsp3) is 0.611. The highest BCUT2D eigenvalue weighted by molar-refractivity contribution is 5.89. The van der Waals surface area contributed by atoms with Gasteiger partial charge in [-0.25, -0.2) is 4.79 Å². The van der Waals surface area contributed by atoms with Gasteiger partial charge in [0.2, 0.25) is 0 Å². The Morgan fingerprint density at radius 1 is 1.23 bits per heavy atom. The van der Waals surface area contributed by atoms with Crippen LogP contribution in [0.2, 0.25) is 0 Å². The van der Waals surface area contributed by atoms with Crippen molar-refractivity contribution in [3.8, 4) is 0 Å². The van der Waals surface area contributed by atoms with Crippen molar-refractivity contribution >= 4 is 5.97 Å². The normalized spacial score (nSPS) is 17.5. The molecule has 0 spiro atoms. The third-order valence-corrected chi connectivity index (χ3v) is 4.41. The Kier molecular flexibility index (Phi) is 5.59. The Morgan fingerprint density at radius 3 is 2.32 bits per heavy atom. The number of likely N-dealkylation sites (tertiary alicyclic amines) is 1. The van der Waals surface area contributed by atoms with Crippen LogP contribution in [0.1, 0.15) is 49.5 Å². The Morgan fingerprint density at radius 2 is 1.82 bits per heavy atom. The highest BCUT2D eigenvalue weighted by atomic mass is 16.5. The number of hydrogen-bond acceptors (Lipinski definition) is 4. The summed E-state index contributed by atoms with van der Waals surface area (Å²) in [5, 5.41) is 3.63. The summed E-state index contributed by atoms with van der Waals surface area (Å²) in [6.45, 7) is 10.0. The molecule has 0 amide bonds. The minimum absolute atomic E-state index is 0.273. The lowest BCUT2D eigenvalue weighted by atomic mass is 9.98. The molecule has 1 heterocycles. The second-order valence-corrected chi connectivity index (χ2v) is 7.00. The van der Waals surface area contributed by atoms with Crippen molar-refractivity contribution in [2.24, 2.45) is 0 Å². The third kappa shape index (κ3) is 4.55. The van der Waals surface area contributed by atoms with Gasteiger partial charge >= 0.3 is 5.97 Å². The molecule has 0 saturated carbocycles. The highest BCUT2D eigenvalue weighted by Gasteiger charge is 2.26. The smallest absolute Gasteiger partial charge is 0.337 e. The van der Waals surface area contributed by atoms with Gasteiger partial charge in [0.15, 0.2) is 0 Å². The first-order valence-electron chi connectivity index (χ1n) is 8.06. The monoisotopic (exact) mass is 304 g/mol. The molecule has 1 aromatic carbocycles. The molecule has 122 valence electrons. The van der Waals surface area contributed by atoms with Crippen molar-refractivity contribution in [1.82, 2.24) is 10.2 Å². The van der Waals surface area contributed by atoms with Gasteiger partial charge in [0.05, 0.1) is 12.7 Å². The van der Waals surface area contributed by atoms with Crippen LogP contribution in [0.15, 0.2) is 24.3 Å². The van der Waals surface area contributed by atoms with Crippen LogP contribution in [0.4, 0.5) is 0 Å². The lowest BCUT2D eigenvalue weighted by Crippen LogP contribution is -2.49. The number of hydrogen-bond donors (Lipinski definition) is 1. The number of piperidine rings is 1. The number of methoxy groups -OCH3 is 1. The Labute approximate surface area is 133 Å². The van der Waals surface area contributed by atoms with Crippen molar-refractivity contribution in [3.63, 3.8) is 0 Å². The zero-order chi connectivity index (χ0) is 16.2. The van der Waals surface area contributed by atoms with E-state index in [4.69, 9.17) is 4.74 Å². The molecule has 0 radical (unpaired) electrons. The first-order valence-corrected chi connectivity index (χ1v) is 8.06. The summed E-state index contributed by atoms with van der Waals surface area (Å²) in [6, 6.07) is 8.21. The number of nitrogens with one attached hydrogen (secondary N) is 1. The summed E-state index contributed by atoms with van der Waals surface area (Å²) in [4.78, 5) is 14.0. The molecule has 0 aromatic heterocycles. The van der Waals surface area contributed by atoms with E-state index >= 15 is 0 Å². The molecule has 1 aromatic rings. The molecule has 1 fully saturated rings. The first kappa shape index (κ1) is 17.0. The van der Waals surface area contributed by atoms with E-state index in [0.717, 1.165) is 19.6 Å². The van der Waals surface area contributed by atoms with Crippen molar-refractivity contribution in [1.29, 1.82) is 0 Å². The summed E-state index contributed by atoms with van der Waals surface area (Å²) < 4.78 is 4.71. The highest BCUT2D eigenvalue weighted by Crippen LogP contribution is 2.20. The zero-order valence-electron chi connectivity index (χ0n) is 14.2.